The van der Waals surface area contributed by atoms with E-state index in [1.807, 2.05) is 0 Å². The van der Waals surface area contributed by atoms with E-state index in [1.165, 1.54) is 24.3 Å². The number of thiocarbonyl (C=S) groups is 1. The van der Waals surface area contributed by atoms with Gasteiger partial charge in [0.25, 0.3) is 0 Å². The Morgan fingerprint density at radius 1 is 1.17 bits per heavy atom. The monoisotopic (exact) mass is 347 g/mol. The number of alkyl halides is 3. The molecule has 0 radical (unpaired) electrons. The molecule has 0 aliphatic carbocycles. The quantitative estimate of drug-likeness (QED) is 0.844. The summed E-state index contributed by atoms with van der Waals surface area (Å²) in [5, 5.41) is 3.64. The van der Waals surface area contributed by atoms with Crippen LogP contribution in [-0.2, 0) is 0 Å². The molecule has 1 saturated heterocycles. The average molecular weight is 347 g/mol. The number of piperazine rings is 1. The van der Waals surface area contributed by atoms with Crippen LogP contribution in [0.15, 0.2) is 24.3 Å². The Morgan fingerprint density at radius 3 is 2.30 bits per heavy atom. The molecule has 0 atom stereocenters. The number of nitrogens with one attached hydrogen (secondary N) is 1. The lowest BCUT2D eigenvalue weighted by Gasteiger charge is -2.36. The summed E-state index contributed by atoms with van der Waals surface area (Å²) >= 11 is 5.36. The zero-order valence-corrected chi connectivity index (χ0v) is 13.7. The molecule has 128 valence electrons. The van der Waals surface area contributed by atoms with Gasteiger partial charge in [-0.1, -0.05) is 6.92 Å². The highest BCUT2D eigenvalue weighted by Crippen LogP contribution is 2.24. The molecular formula is C15H20F3N3OS. The van der Waals surface area contributed by atoms with Gasteiger partial charge in [-0.25, -0.2) is 0 Å². The second-order valence-electron chi connectivity index (χ2n) is 5.33. The second-order valence-corrected chi connectivity index (χ2v) is 5.72. The maximum absolute atomic E-state index is 12.1. The molecule has 0 aromatic heterocycles. The molecule has 0 unspecified atom stereocenters. The van der Waals surface area contributed by atoms with Crippen molar-refractivity contribution in [3.8, 4) is 5.75 Å². The molecule has 23 heavy (non-hydrogen) atoms. The van der Waals surface area contributed by atoms with E-state index in [0.29, 0.717) is 10.8 Å². The predicted molar refractivity (Wildman–Crippen MR) is 87.6 cm³/mol. The van der Waals surface area contributed by atoms with Crippen molar-refractivity contribution in [3.05, 3.63) is 24.3 Å². The van der Waals surface area contributed by atoms with Gasteiger partial charge in [-0.2, -0.15) is 0 Å². The number of benzene rings is 1. The van der Waals surface area contributed by atoms with Crippen LogP contribution >= 0.6 is 12.2 Å². The summed E-state index contributed by atoms with van der Waals surface area (Å²) in [4.78, 5) is 4.46. The van der Waals surface area contributed by atoms with Gasteiger partial charge < -0.3 is 15.0 Å². The van der Waals surface area contributed by atoms with Crippen molar-refractivity contribution in [2.45, 2.75) is 19.7 Å². The zero-order chi connectivity index (χ0) is 16.9. The Hall–Kier alpha value is -1.54. The van der Waals surface area contributed by atoms with Gasteiger partial charge in [-0.3, -0.25) is 4.90 Å². The van der Waals surface area contributed by atoms with Gasteiger partial charge in [-0.05, 0) is 49.4 Å². The van der Waals surface area contributed by atoms with Crippen molar-refractivity contribution in [2.75, 3.05) is 38.0 Å². The van der Waals surface area contributed by atoms with Gasteiger partial charge in [0.2, 0.25) is 0 Å². The number of anilines is 1. The Bertz CT molecular complexity index is 514. The first-order valence-corrected chi connectivity index (χ1v) is 7.92. The molecule has 0 saturated carbocycles. The van der Waals surface area contributed by atoms with E-state index >= 15 is 0 Å². The van der Waals surface area contributed by atoms with E-state index in [9.17, 15) is 13.2 Å². The first-order valence-electron chi connectivity index (χ1n) is 7.51. The number of hydrogen-bond acceptors (Lipinski definition) is 3. The van der Waals surface area contributed by atoms with Gasteiger partial charge >= 0.3 is 6.36 Å². The van der Waals surface area contributed by atoms with Crippen molar-refractivity contribution < 1.29 is 17.9 Å². The normalized spacial score (nSPS) is 16.3. The lowest BCUT2D eigenvalue weighted by molar-refractivity contribution is -0.274. The highest BCUT2D eigenvalue weighted by Gasteiger charge is 2.31. The fraction of sp³-hybridized carbons (Fsp3) is 0.533. The number of ether oxygens (including phenoxy) is 1. The minimum Gasteiger partial charge on any atom is -0.406 e. The van der Waals surface area contributed by atoms with Crippen LogP contribution in [0.3, 0.4) is 0 Å². The molecule has 1 aliphatic rings. The summed E-state index contributed by atoms with van der Waals surface area (Å²) in [5.74, 6) is -0.248. The smallest absolute Gasteiger partial charge is 0.406 e. The van der Waals surface area contributed by atoms with E-state index in [4.69, 9.17) is 12.2 Å². The van der Waals surface area contributed by atoms with Crippen LogP contribution in [0.2, 0.25) is 0 Å². The molecule has 1 N–H and O–H groups in total. The Kier molecular flexibility index (Phi) is 6.06. The maximum atomic E-state index is 12.1. The van der Waals surface area contributed by atoms with Crippen LogP contribution in [-0.4, -0.2) is 54.0 Å². The van der Waals surface area contributed by atoms with Gasteiger partial charge in [0.05, 0.1) is 0 Å². The summed E-state index contributed by atoms with van der Waals surface area (Å²) in [6, 6.07) is 5.55. The third kappa shape index (κ3) is 5.87. The van der Waals surface area contributed by atoms with E-state index < -0.39 is 6.36 Å². The van der Waals surface area contributed by atoms with Crippen LogP contribution in [0.25, 0.3) is 0 Å². The molecule has 1 heterocycles. The summed E-state index contributed by atoms with van der Waals surface area (Å²) in [7, 11) is 0. The summed E-state index contributed by atoms with van der Waals surface area (Å²) in [6.45, 7) is 6.88. The molecular weight excluding hydrogens is 327 g/mol. The molecule has 0 spiro atoms. The highest BCUT2D eigenvalue weighted by molar-refractivity contribution is 7.80. The standard InChI is InChI=1S/C15H20F3N3OS/c1-2-7-20-8-10-21(11-9-20)14(23)19-12-3-5-13(6-4-12)22-15(16,17)18/h3-6H,2,7-11H2,1H3,(H,19,23). The molecule has 0 amide bonds. The first kappa shape index (κ1) is 17.8. The number of nitrogens with zero attached hydrogens (tertiary/aromatic N) is 2. The van der Waals surface area contributed by atoms with Gasteiger partial charge in [0.15, 0.2) is 5.11 Å². The second kappa shape index (κ2) is 7.83. The molecule has 1 aliphatic heterocycles. The van der Waals surface area contributed by atoms with Gasteiger partial charge in [0.1, 0.15) is 5.75 Å². The Labute approximate surface area is 139 Å². The minimum absolute atomic E-state index is 0.248. The van der Waals surface area contributed by atoms with Crippen LogP contribution in [0.1, 0.15) is 13.3 Å². The fourth-order valence-electron chi connectivity index (χ4n) is 2.43. The summed E-state index contributed by atoms with van der Waals surface area (Å²) in [5.41, 5.74) is 0.639. The summed E-state index contributed by atoms with van der Waals surface area (Å²) in [6.07, 6.45) is -3.54. The Morgan fingerprint density at radius 2 is 1.78 bits per heavy atom. The molecule has 8 heteroatoms. The topological polar surface area (TPSA) is 27.7 Å². The minimum atomic E-state index is -4.68. The maximum Gasteiger partial charge on any atom is 0.573 e. The number of hydrogen-bond donors (Lipinski definition) is 1. The third-order valence-corrected chi connectivity index (χ3v) is 3.90. The van der Waals surface area contributed by atoms with E-state index in [1.54, 1.807) is 0 Å². The largest absolute Gasteiger partial charge is 0.573 e. The van der Waals surface area contributed by atoms with E-state index in [-0.39, 0.29) is 5.75 Å². The Balaban J connectivity index is 1.84. The first-order chi connectivity index (χ1) is 10.9. The lowest BCUT2D eigenvalue weighted by Crippen LogP contribution is -2.49. The summed E-state index contributed by atoms with van der Waals surface area (Å²) < 4.78 is 40.2. The fourth-order valence-corrected chi connectivity index (χ4v) is 2.73. The van der Waals surface area contributed by atoms with Crippen molar-refractivity contribution in [2.24, 2.45) is 0 Å². The lowest BCUT2D eigenvalue weighted by atomic mass is 10.3. The van der Waals surface area contributed by atoms with Crippen LogP contribution < -0.4 is 10.1 Å². The molecule has 1 aromatic rings. The van der Waals surface area contributed by atoms with Crippen molar-refractivity contribution in [1.29, 1.82) is 0 Å². The highest BCUT2D eigenvalue weighted by atomic mass is 32.1. The van der Waals surface area contributed by atoms with Gasteiger partial charge in [-0.15, -0.1) is 13.2 Å². The molecule has 4 nitrogen and oxygen atoms in total. The molecule has 1 aromatic carbocycles. The van der Waals surface area contributed by atoms with Crippen molar-refractivity contribution in [3.63, 3.8) is 0 Å². The van der Waals surface area contributed by atoms with Gasteiger partial charge in [0, 0.05) is 31.9 Å². The SMILES string of the molecule is CCCN1CCN(C(=S)Nc2ccc(OC(F)(F)F)cc2)CC1. The van der Waals surface area contributed by atoms with E-state index in [0.717, 1.165) is 39.1 Å². The van der Waals surface area contributed by atoms with Crippen LogP contribution in [0.5, 0.6) is 5.75 Å². The predicted octanol–water partition coefficient (Wildman–Crippen LogP) is 3.31. The third-order valence-electron chi connectivity index (χ3n) is 3.54. The van der Waals surface area contributed by atoms with Crippen LogP contribution in [0, 0.1) is 0 Å². The average Bonchev–Trinajstić information content (AvgIpc) is 2.49. The van der Waals surface area contributed by atoms with Crippen molar-refractivity contribution >= 4 is 23.0 Å². The molecule has 0 bridgehead atoms. The number of rotatable bonds is 4. The zero-order valence-electron chi connectivity index (χ0n) is 12.9. The van der Waals surface area contributed by atoms with Crippen LogP contribution in [0.4, 0.5) is 18.9 Å². The van der Waals surface area contributed by atoms with Crippen molar-refractivity contribution in [1.82, 2.24) is 9.80 Å². The molecule has 1 fully saturated rings. The van der Waals surface area contributed by atoms with E-state index in [2.05, 4.69) is 26.8 Å². The number of halogens is 3. The molecule has 2 rings (SSSR count).